The van der Waals surface area contributed by atoms with Crippen molar-refractivity contribution in [1.82, 2.24) is 0 Å². The second-order valence-electron chi connectivity index (χ2n) is 5.47. The van der Waals surface area contributed by atoms with Crippen LogP contribution in [0.5, 0.6) is 11.5 Å². The van der Waals surface area contributed by atoms with Crippen molar-refractivity contribution < 1.29 is 28.2 Å². The van der Waals surface area contributed by atoms with Crippen LogP contribution in [-0.4, -0.2) is 32.9 Å². The molecule has 0 aliphatic rings. The normalized spacial score (nSPS) is 10.7. The van der Waals surface area contributed by atoms with Crippen LogP contribution >= 0.6 is 0 Å². The van der Waals surface area contributed by atoms with Gasteiger partial charge in [-0.2, -0.15) is 0 Å². The minimum absolute atomic E-state index is 0.168. The van der Waals surface area contributed by atoms with E-state index in [0.717, 1.165) is 16.7 Å². The molecule has 0 atom stereocenters. The van der Waals surface area contributed by atoms with Gasteiger partial charge in [0.05, 0.1) is 26.6 Å². The number of carbonyl (C=O) groups excluding carboxylic acids is 1. The Kier molecular flexibility index (Phi) is 6.11. The first-order chi connectivity index (χ1) is 12.8. The molecule has 1 aromatic heterocycles. The minimum Gasteiger partial charge on any atom is -0.491 e. The molecule has 0 spiro atoms. The molecule has 2 aromatic carbocycles. The first kappa shape index (κ1) is 17.8. The van der Waals surface area contributed by atoms with E-state index in [1.54, 1.807) is 12.3 Å². The van der Waals surface area contributed by atoms with E-state index >= 15 is 0 Å². The number of fused-ring (bicyclic) bond motifs is 1. The Bertz CT molecular complexity index is 840. The molecule has 0 radical (unpaired) electrons. The number of ether oxygens (including phenoxy) is 4. The van der Waals surface area contributed by atoms with Gasteiger partial charge in [-0.1, -0.05) is 30.3 Å². The molecule has 0 saturated carbocycles. The summed E-state index contributed by atoms with van der Waals surface area (Å²) in [5.41, 5.74) is 1.48. The first-order valence-electron chi connectivity index (χ1n) is 8.22. The van der Waals surface area contributed by atoms with Crippen molar-refractivity contribution in [3.8, 4) is 11.5 Å². The van der Waals surface area contributed by atoms with Crippen LogP contribution in [0.4, 0.5) is 0 Å². The monoisotopic (exact) mass is 356 g/mol. The summed E-state index contributed by atoms with van der Waals surface area (Å²) in [6, 6.07) is 15.1. The standard InChI is InChI=1S/C20H20O6/c1-22-19(21)14-25-18-9-5-8-17-15(13-26-20(17)18)12-23-10-11-24-16-6-3-2-4-7-16/h2-9,13H,10-12,14H2,1H3. The largest absolute Gasteiger partial charge is 0.491 e. The summed E-state index contributed by atoms with van der Waals surface area (Å²) >= 11 is 0. The van der Waals surface area contributed by atoms with Crippen molar-refractivity contribution in [2.45, 2.75) is 6.61 Å². The van der Waals surface area contributed by atoms with E-state index in [4.69, 9.17) is 18.6 Å². The Labute approximate surface area is 151 Å². The van der Waals surface area contributed by atoms with Crippen molar-refractivity contribution in [3.05, 3.63) is 60.4 Å². The lowest BCUT2D eigenvalue weighted by atomic mass is 10.2. The highest BCUT2D eigenvalue weighted by Gasteiger charge is 2.12. The van der Waals surface area contributed by atoms with E-state index in [0.29, 0.717) is 31.2 Å². The number of para-hydroxylation sites is 2. The van der Waals surface area contributed by atoms with E-state index in [-0.39, 0.29) is 6.61 Å². The van der Waals surface area contributed by atoms with E-state index in [9.17, 15) is 4.79 Å². The van der Waals surface area contributed by atoms with Gasteiger partial charge < -0.3 is 23.4 Å². The summed E-state index contributed by atoms with van der Waals surface area (Å²) in [7, 11) is 1.32. The average Bonchev–Trinajstić information content (AvgIpc) is 3.10. The molecule has 6 heteroatoms. The highest BCUT2D eigenvalue weighted by atomic mass is 16.6. The third-order valence-corrected chi connectivity index (χ3v) is 3.71. The number of methoxy groups -OCH3 is 1. The lowest BCUT2D eigenvalue weighted by Gasteiger charge is -2.07. The minimum atomic E-state index is -0.449. The smallest absolute Gasteiger partial charge is 0.343 e. The van der Waals surface area contributed by atoms with Gasteiger partial charge in [0.2, 0.25) is 0 Å². The van der Waals surface area contributed by atoms with Gasteiger partial charge in [-0.25, -0.2) is 4.79 Å². The molecule has 0 aliphatic heterocycles. The Morgan fingerprint density at radius 2 is 1.85 bits per heavy atom. The molecular weight excluding hydrogens is 336 g/mol. The zero-order valence-electron chi connectivity index (χ0n) is 14.5. The van der Waals surface area contributed by atoms with Crippen LogP contribution in [0, 0.1) is 0 Å². The van der Waals surface area contributed by atoms with Gasteiger partial charge in [-0.05, 0) is 18.2 Å². The van der Waals surface area contributed by atoms with Crippen LogP contribution in [-0.2, 0) is 20.9 Å². The summed E-state index contributed by atoms with van der Waals surface area (Å²) in [5, 5.41) is 0.886. The number of hydrogen-bond acceptors (Lipinski definition) is 6. The number of furan rings is 1. The molecule has 3 rings (SSSR count). The molecule has 136 valence electrons. The van der Waals surface area contributed by atoms with Crippen LogP contribution in [0.2, 0.25) is 0 Å². The van der Waals surface area contributed by atoms with Crippen LogP contribution in [0.1, 0.15) is 5.56 Å². The zero-order chi connectivity index (χ0) is 18.2. The fourth-order valence-corrected chi connectivity index (χ4v) is 2.42. The maximum Gasteiger partial charge on any atom is 0.343 e. The van der Waals surface area contributed by atoms with Gasteiger partial charge in [-0.15, -0.1) is 0 Å². The highest BCUT2D eigenvalue weighted by Crippen LogP contribution is 2.30. The van der Waals surface area contributed by atoms with Crippen molar-refractivity contribution in [2.24, 2.45) is 0 Å². The third-order valence-electron chi connectivity index (χ3n) is 3.71. The summed E-state index contributed by atoms with van der Waals surface area (Å²) in [5.74, 6) is 0.861. The van der Waals surface area contributed by atoms with Crippen LogP contribution in [0.15, 0.2) is 59.2 Å². The predicted octanol–water partition coefficient (Wildman–Crippen LogP) is 3.58. The molecule has 0 saturated heterocycles. The zero-order valence-corrected chi connectivity index (χ0v) is 14.5. The van der Waals surface area contributed by atoms with Gasteiger partial charge in [0.1, 0.15) is 12.4 Å². The second-order valence-corrected chi connectivity index (χ2v) is 5.47. The van der Waals surface area contributed by atoms with Crippen molar-refractivity contribution in [2.75, 3.05) is 26.9 Å². The molecule has 0 unspecified atom stereocenters. The molecule has 26 heavy (non-hydrogen) atoms. The molecule has 0 aliphatic carbocycles. The molecule has 1 heterocycles. The molecule has 0 N–H and O–H groups in total. The van der Waals surface area contributed by atoms with Gasteiger partial charge in [0, 0.05) is 10.9 Å². The third kappa shape index (κ3) is 4.55. The summed E-state index contributed by atoms with van der Waals surface area (Å²) < 4.78 is 26.9. The van der Waals surface area contributed by atoms with Crippen molar-refractivity contribution >= 4 is 16.9 Å². The summed E-state index contributed by atoms with van der Waals surface area (Å²) in [6.45, 7) is 1.15. The summed E-state index contributed by atoms with van der Waals surface area (Å²) in [6.07, 6.45) is 1.63. The lowest BCUT2D eigenvalue weighted by Crippen LogP contribution is -2.12. The Hall–Kier alpha value is -2.99. The fourth-order valence-electron chi connectivity index (χ4n) is 2.42. The van der Waals surface area contributed by atoms with Gasteiger partial charge in [-0.3, -0.25) is 0 Å². The van der Waals surface area contributed by atoms with Gasteiger partial charge >= 0.3 is 5.97 Å². The Balaban J connectivity index is 1.53. The molecular formula is C20H20O6. The Morgan fingerprint density at radius 3 is 2.65 bits per heavy atom. The lowest BCUT2D eigenvalue weighted by molar-refractivity contribution is -0.142. The van der Waals surface area contributed by atoms with Gasteiger partial charge in [0.25, 0.3) is 0 Å². The van der Waals surface area contributed by atoms with Crippen LogP contribution < -0.4 is 9.47 Å². The topological polar surface area (TPSA) is 67.1 Å². The van der Waals surface area contributed by atoms with E-state index in [2.05, 4.69) is 4.74 Å². The van der Waals surface area contributed by atoms with E-state index in [1.807, 2.05) is 42.5 Å². The van der Waals surface area contributed by atoms with Crippen LogP contribution in [0.25, 0.3) is 11.0 Å². The molecule has 0 fully saturated rings. The quantitative estimate of drug-likeness (QED) is 0.431. The van der Waals surface area contributed by atoms with Crippen molar-refractivity contribution in [1.29, 1.82) is 0 Å². The fraction of sp³-hybridized carbons (Fsp3) is 0.250. The number of rotatable bonds is 9. The number of esters is 1. The van der Waals surface area contributed by atoms with E-state index in [1.165, 1.54) is 7.11 Å². The van der Waals surface area contributed by atoms with Crippen molar-refractivity contribution in [3.63, 3.8) is 0 Å². The highest BCUT2D eigenvalue weighted by molar-refractivity contribution is 5.86. The van der Waals surface area contributed by atoms with Crippen LogP contribution in [0.3, 0.4) is 0 Å². The Morgan fingerprint density at radius 1 is 1.00 bits per heavy atom. The number of hydrogen-bond donors (Lipinski definition) is 0. The molecule has 0 amide bonds. The second kappa shape index (κ2) is 8.92. The average molecular weight is 356 g/mol. The molecule has 6 nitrogen and oxygen atoms in total. The van der Waals surface area contributed by atoms with Gasteiger partial charge in [0.15, 0.2) is 17.9 Å². The number of benzene rings is 2. The summed E-state index contributed by atoms with van der Waals surface area (Å²) in [4.78, 5) is 11.2. The number of carbonyl (C=O) groups is 1. The maximum absolute atomic E-state index is 11.2. The predicted molar refractivity (Wildman–Crippen MR) is 95.3 cm³/mol. The molecule has 0 bridgehead atoms. The first-order valence-corrected chi connectivity index (χ1v) is 8.22. The molecule has 3 aromatic rings. The SMILES string of the molecule is COC(=O)COc1cccc2c(COCCOc3ccccc3)coc12. The maximum atomic E-state index is 11.2. The van der Waals surface area contributed by atoms with E-state index < -0.39 is 5.97 Å².